The van der Waals surface area contributed by atoms with Crippen LogP contribution in [0.1, 0.15) is 31.4 Å². The average Bonchev–Trinajstić information content (AvgIpc) is 2.65. The van der Waals surface area contributed by atoms with Crippen molar-refractivity contribution in [3.05, 3.63) is 64.7 Å². The molecule has 0 spiro atoms. The van der Waals surface area contributed by atoms with Crippen LogP contribution < -0.4 is 10.1 Å². The molecule has 1 N–H and O–H groups in total. The van der Waals surface area contributed by atoms with E-state index >= 15 is 0 Å². The Hall–Kier alpha value is -0.970. The standard InChI is InChI=1S/C21H29ClN2O.2ClH/c1-3-24(4-2)14-8-13-23-16-19-11-12-21(20(22)15-19)25-17-18-9-6-5-7-10-18;;/h5-7,9-12,15,23H,3-4,8,13-14,16-17H2,1-2H3;2*1H. The Kier molecular flexibility index (Phi) is 14.5. The molecule has 0 fully saturated rings. The van der Waals surface area contributed by atoms with Crippen LogP contribution in [-0.4, -0.2) is 31.1 Å². The second-order valence-corrected chi connectivity index (χ2v) is 6.50. The third-order valence-electron chi connectivity index (χ3n) is 4.28. The van der Waals surface area contributed by atoms with Gasteiger partial charge in [0.25, 0.3) is 0 Å². The number of nitrogens with one attached hydrogen (secondary N) is 1. The monoisotopic (exact) mass is 432 g/mol. The second-order valence-electron chi connectivity index (χ2n) is 6.10. The molecule has 3 nitrogen and oxygen atoms in total. The summed E-state index contributed by atoms with van der Waals surface area (Å²) in [7, 11) is 0. The molecular formula is C21H31Cl3N2O. The van der Waals surface area contributed by atoms with Gasteiger partial charge in [-0.1, -0.05) is 61.8 Å². The number of ether oxygens (including phenoxy) is 1. The first kappa shape index (κ1) is 26.0. The molecule has 0 unspecified atom stereocenters. The average molecular weight is 434 g/mol. The topological polar surface area (TPSA) is 24.5 Å². The molecule has 0 amide bonds. The lowest BCUT2D eigenvalue weighted by molar-refractivity contribution is 0.298. The van der Waals surface area contributed by atoms with Gasteiger partial charge in [-0.2, -0.15) is 0 Å². The van der Waals surface area contributed by atoms with Crippen LogP contribution in [0.25, 0.3) is 0 Å². The Bertz CT molecular complexity index is 622. The zero-order chi connectivity index (χ0) is 17.9. The number of halogens is 3. The Morgan fingerprint density at radius 1 is 0.963 bits per heavy atom. The first-order valence-electron chi connectivity index (χ1n) is 9.11. The molecule has 0 atom stereocenters. The minimum absolute atomic E-state index is 0. The van der Waals surface area contributed by atoms with E-state index < -0.39 is 0 Å². The summed E-state index contributed by atoms with van der Waals surface area (Å²) >= 11 is 6.36. The summed E-state index contributed by atoms with van der Waals surface area (Å²) < 4.78 is 5.81. The van der Waals surface area contributed by atoms with Crippen LogP contribution in [0.2, 0.25) is 5.02 Å². The highest BCUT2D eigenvalue weighted by Crippen LogP contribution is 2.26. The van der Waals surface area contributed by atoms with Gasteiger partial charge in [-0.15, -0.1) is 24.8 Å². The lowest BCUT2D eigenvalue weighted by atomic mass is 10.2. The van der Waals surface area contributed by atoms with Crippen LogP contribution in [0.4, 0.5) is 0 Å². The van der Waals surface area contributed by atoms with E-state index in [4.69, 9.17) is 16.3 Å². The molecular weight excluding hydrogens is 403 g/mol. The Labute approximate surface area is 181 Å². The van der Waals surface area contributed by atoms with Gasteiger partial charge in [-0.3, -0.25) is 0 Å². The summed E-state index contributed by atoms with van der Waals surface area (Å²) in [6.07, 6.45) is 1.16. The predicted octanol–water partition coefficient (Wildman–Crippen LogP) is 5.58. The third kappa shape index (κ3) is 9.68. The summed E-state index contributed by atoms with van der Waals surface area (Å²) in [6.45, 7) is 10.2. The van der Waals surface area contributed by atoms with Crippen molar-refractivity contribution in [2.75, 3.05) is 26.2 Å². The molecule has 0 bridgehead atoms. The summed E-state index contributed by atoms with van der Waals surface area (Å²) in [4.78, 5) is 2.44. The summed E-state index contributed by atoms with van der Waals surface area (Å²) in [5.41, 5.74) is 2.32. The van der Waals surface area contributed by atoms with Crippen molar-refractivity contribution in [2.24, 2.45) is 0 Å². The normalized spacial score (nSPS) is 10.2. The molecule has 2 rings (SSSR count). The molecule has 0 saturated carbocycles. The summed E-state index contributed by atoms with van der Waals surface area (Å²) in [5.74, 6) is 0.732. The zero-order valence-electron chi connectivity index (χ0n) is 16.1. The van der Waals surface area contributed by atoms with Gasteiger partial charge in [0.05, 0.1) is 5.02 Å². The Morgan fingerprint density at radius 3 is 2.30 bits per heavy atom. The summed E-state index contributed by atoms with van der Waals surface area (Å²) in [5, 5.41) is 4.15. The van der Waals surface area contributed by atoms with Crippen molar-refractivity contribution in [1.82, 2.24) is 10.2 Å². The van der Waals surface area contributed by atoms with Gasteiger partial charge in [0.1, 0.15) is 12.4 Å². The van der Waals surface area contributed by atoms with E-state index in [1.807, 2.05) is 42.5 Å². The van der Waals surface area contributed by atoms with Crippen molar-refractivity contribution in [3.63, 3.8) is 0 Å². The van der Waals surface area contributed by atoms with E-state index in [0.717, 1.165) is 50.5 Å². The number of nitrogens with zero attached hydrogens (tertiary/aromatic N) is 1. The quantitative estimate of drug-likeness (QED) is 0.468. The molecule has 27 heavy (non-hydrogen) atoms. The lowest BCUT2D eigenvalue weighted by Crippen LogP contribution is -2.27. The summed E-state index contributed by atoms with van der Waals surface area (Å²) in [6, 6.07) is 16.1. The maximum absolute atomic E-state index is 6.36. The van der Waals surface area contributed by atoms with Crippen LogP contribution in [0.5, 0.6) is 5.75 Å². The molecule has 2 aromatic rings. The molecule has 0 saturated heterocycles. The molecule has 0 aliphatic heterocycles. The van der Waals surface area contributed by atoms with Crippen LogP contribution in [-0.2, 0) is 13.2 Å². The predicted molar refractivity (Wildman–Crippen MR) is 121 cm³/mol. The smallest absolute Gasteiger partial charge is 0.138 e. The maximum Gasteiger partial charge on any atom is 0.138 e. The van der Waals surface area contributed by atoms with Crippen LogP contribution in [0.15, 0.2) is 48.5 Å². The van der Waals surface area contributed by atoms with E-state index in [1.54, 1.807) is 0 Å². The molecule has 0 radical (unpaired) electrons. The van der Waals surface area contributed by atoms with Crippen LogP contribution in [0, 0.1) is 0 Å². The Morgan fingerprint density at radius 2 is 1.67 bits per heavy atom. The van der Waals surface area contributed by atoms with E-state index in [-0.39, 0.29) is 24.8 Å². The largest absolute Gasteiger partial charge is 0.487 e. The fourth-order valence-corrected chi connectivity index (χ4v) is 2.96. The minimum Gasteiger partial charge on any atom is -0.487 e. The van der Waals surface area contributed by atoms with Gasteiger partial charge in [-0.05, 0) is 55.9 Å². The van der Waals surface area contributed by atoms with Crippen LogP contribution >= 0.6 is 36.4 Å². The third-order valence-corrected chi connectivity index (χ3v) is 4.58. The fraction of sp³-hybridized carbons (Fsp3) is 0.429. The fourth-order valence-electron chi connectivity index (χ4n) is 2.71. The van der Waals surface area contributed by atoms with Crippen molar-refractivity contribution in [1.29, 1.82) is 0 Å². The first-order valence-corrected chi connectivity index (χ1v) is 9.49. The molecule has 0 aliphatic rings. The van der Waals surface area contributed by atoms with E-state index in [0.29, 0.717) is 11.6 Å². The van der Waals surface area contributed by atoms with E-state index in [1.165, 1.54) is 5.56 Å². The highest BCUT2D eigenvalue weighted by atomic mass is 35.5. The zero-order valence-corrected chi connectivity index (χ0v) is 18.5. The minimum atomic E-state index is 0. The van der Waals surface area contributed by atoms with Gasteiger partial charge in [0, 0.05) is 6.54 Å². The number of hydrogen-bond donors (Lipinski definition) is 1. The molecule has 0 aromatic heterocycles. The Balaban J connectivity index is 0.00000338. The highest BCUT2D eigenvalue weighted by molar-refractivity contribution is 6.32. The maximum atomic E-state index is 6.36. The SMILES string of the molecule is CCN(CC)CCCNCc1ccc(OCc2ccccc2)c(Cl)c1.Cl.Cl. The molecule has 6 heteroatoms. The van der Waals surface area contributed by atoms with Gasteiger partial charge >= 0.3 is 0 Å². The molecule has 152 valence electrons. The van der Waals surface area contributed by atoms with Gasteiger partial charge in [-0.25, -0.2) is 0 Å². The second kappa shape index (κ2) is 15.0. The molecule has 0 heterocycles. The highest BCUT2D eigenvalue weighted by Gasteiger charge is 2.04. The van der Waals surface area contributed by atoms with Gasteiger partial charge in [0.15, 0.2) is 0 Å². The van der Waals surface area contributed by atoms with Crippen LogP contribution in [0.3, 0.4) is 0 Å². The number of benzene rings is 2. The first-order chi connectivity index (χ1) is 12.2. The number of rotatable bonds is 11. The molecule has 2 aromatic carbocycles. The van der Waals surface area contributed by atoms with Crippen molar-refractivity contribution < 1.29 is 4.74 Å². The van der Waals surface area contributed by atoms with E-state index in [9.17, 15) is 0 Å². The van der Waals surface area contributed by atoms with Crippen molar-refractivity contribution >= 4 is 36.4 Å². The van der Waals surface area contributed by atoms with Crippen molar-refractivity contribution in [2.45, 2.75) is 33.4 Å². The number of hydrogen-bond acceptors (Lipinski definition) is 3. The lowest BCUT2D eigenvalue weighted by Gasteiger charge is -2.17. The van der Waals surface area contributed by atoms with Gasteiger partial charge < -0.3 is 15.0 Å². The van der Waals surface area contributed by atoms with E-state index in [2.05, 4.69) is 30.1 Å². The van der Waals surface area contributed by atoms with Crippen molar-refractivity contribution in [3.8, 4) is 5.75 Å². The van der Waals surface area contributed by atoms with Gasteiger partial charge in [0.2, 0.25) is 0 Å². The molecule has 0 aliphatic carbocycles.